The molecular formula is C21H28N6. The minimum atomic E-state index is 0.848. The van der Waals surface area contributed by atoms with Gasteiger partial charge in [0.2, 0.25) is 5.95 Å². The predicted octanol–water partition coefficient (Wildman–Crippen LogP) is 3.06. The molecule has 1 saturated heterocycles. The second-order valence-electron chi connectivity index (χ2n) is 7.15. The van der Waals surface area contributed by atoms with Crippen LogP contribution in [0.5, 0.6) is 0 Å². The highest BCUT2D eigenvalue weighted by Crippen LogP contribution is 2.19. The molecule has 1 fully saturated rings. The van der Waals surface area contributed by atoms with Gasteiger partial charge in [-0.2, -0.15) is 4.98 Å². The first-order valence-corrected chi connectivity index (χ1v) is 9.85. The van der Waals surface area contributed by atoms with E-state index in [2.05, 4.69) is 62.5 Å². The molecule has 0 unspecified atom stereocenters. The number of rotatable bonds is 6. The van der Waals surface area contributed by atoms with Gasteiger partial charge in [-0.3, -0.25) is 0 Å². The number of aromatic amines is 1. The number of aromatic nitrogens is 3. The van der Waals surface area contributed by atoms with Crippen molar-refractivity contribution in [2.75, 3.05) is 49.5 Å². The van der Waals surface area contributed by atoms with Gasteiger partial charge in [0.1, 0.15) is 5.82 Å². The van der Waals surface area contributed by atoms with E-state index in [0.717, 1.165) is 63.1 Å². The molecule has 0 radical (unpaired) electrons. The molecule has 27 heavy (non-hydrogen) atoms. The van der Waals surface area contributed by atoms with Crippen LogP contribution in [0.2, 0.25) is 0 Å². The number of piperazine rings is 1. The number of H-pyrrole nitrogens is 1. The molecule has 0 spiro atoms. The number of hydrogen-bond donors (Lipinski definition) is 2. The second-order valence-corrected chi connectivity index (χ2v) is 7.15. The first-order chi connectivity index (χ1) is 13.2. The molecule has 6 nitrogen and oxygen atoms in total. The second kappa shape index (κ2) is 7.96. The Morgan fingerprint density at radius 1 is 1.11 bits per heavy atom. The van der Waals surface area contributed by atoms with Gasteiger partial charge >= 0.3 is 0 Å². The van der Waals surface area contributed by atoms with Crippen molar-refractivity contribution >= 4 is 22.7 Å². The Bertz CT molecular complexity index is 895. The molecule has 0 aliphatic carbocycles. The van der Waals surface area contributed by atoms with E-state index in [-0.39, 0.29) is 0 Å². The Kier molecular flexibility index (Phi) is 5.25. The summed E-state index contributed by atoms with van der Waals surface area (Å²) < 4.78 is 0. The van der Waals surface area contributed by atoms with Gasteiger partial charge in [-0.25, -0.2) is 4.98 Å². The van der Waals surface area contributed by atoms with Crippen molar-refractivity contribution in [3.63, 3.8) is 0 Å². The molecular weight excluding hydrogens is 336 g/mol. The van der Waals surface area contributed by atoms with Crippen LogP contribution in [0.15, 0.2) is 36.5 Å². The Hall–Kier alpha value is -2.60. The van der Waals surface area contributed by atoms with Crippen molar-refractivity contribution in [1.29, 1.82) is 0 Å². The van der Waals surface area contributed by atoms with Crippen LogP contribution in [0, 0.1) is 6.92 Å². The molecule has 0 bridgehead atoms. The summed E-state index contributed by atoms with van der Waals surface area (Å²) in [5.74, 6) is 1.76. The van der Waals surface area contributed by atoms with Crippen molar-refractivity contribution in [1.82, 2.24) is 19.9 Å². The summed E-state index contributed by atoms with van der Waals surface area (Å²) in [5, 5.41) is 4.78. The topological polar surface area (TPSA) is 60.1 Å². The van der Waals surface area contributed by atoms with E-state index < -0.39 is 0 Å². The van der Waals surface area contributed by atoms with E-state index in [1.807, 2.05) is 13.0 Å². The fraction of sp³-hybridized carbons (Fsp3) is 0.429. The summed E-state index contributed by atoms with van der Waals surface area (Å²) in [5.41, 5.74) is 3.53. The van der Waals surface area contributed by atoms with Gasteiger partial charge < -0.3 is 20.1 Å². The quantitative estimate of drug-likeness (QED) is 0.704. The summed E-state index contributed by atoms with van der Waals surface area (Å²) in [6.07, 6.45) is 3.06. The largest absolute Gasteiger partial charge is 0.370 e. The van der Waals surface area contributed by atoms with Crippen LogP contribution in [-0.4, -0.2) is 59.1 Å². The highest BCUT2D eigenvalue weighted by atomic mass is 15.3. The number of hydrogen-bond acceptors (Lipinski definition) is 5. The summed E-state index contributed by atoms with van der Waals surface area (Å²) >= 11 is 0. The first kappa shape index (κ1) is 17.8. The van der Waals surface area contributed by atoms with E-state index in [0.29, 0.717) is 0 Å². The van der Waals surface area contributed by atoms with Crippen LogP contribution in [-0.2, 0) is 6.42 Å². The lowest BCUT2D eigenvalue weighted by atomic mass is 10.1. The van der Waals surface area contributed by atoms with Crippen molar-refractivity contribution in [3.05, 3.63) is 47.8 Å². The third kappa shape index (κ3) is 4.06. The van der Waals surface area contributed by atoms with Crippen molar-refractivity contribution < 1.29 is 0 Å². The molecule has 3 aromatic rings. The third-order valence-corrected chi connectivity index (χ3v) is 5.32. The summed E-state index contributed by atoms with van der Waals surface area (Å²) in [6.45, 7) is 10.4. The molecule has 0 saturated carbocycles. The van der Waals surface area contributed by atoms with Gasteiger partial charge in [-0.1, -0.05) is 25.1 Å². The van der Waals surface area contributed by atoms with Gasteiger partial charge in [0, 0.05) is 61.6 Å². The Morgan fingerprint density at radius 2 is 1.93 bits per heavy atom. The number of fused-ring (bicyclic) bond motifs is 1. The van der Waals surface area contributed by atoms with Gasteiger partial charge in [-0.15, -0.1) is 0 Å². The number of likely N-dealkylation sites (N-methyl/N-ethyl adjacent to an activating group) is 1. The predicted molar refractivity (Wildman–Crippen MR) is 112 cm³/mol. The van der Waals surface area contributed by atoms with Gasteiger partial charge in [0.15, 0.2) is 0 Å². The lowest BCUT2D eigenvalue weighted by Crippen LogP contribution is -2.46. The fourth-order valence-electron chi connectivity index (χ4n) is 3.71. The first-order valence-electron chi connectivity index (χ1n) is 9.85. The standard InChI is InChI=1S/C21H28N6/c1-3-26-10-12-27(13-11-26)21-24-16(2)14-20(25-21)22-9-8-17-15-23-19-7-5-4-6-18(17)19/h4-7,14-15,23H,3,8-13H2,1-2H3,(H,22,24,25). The Balaban J connectivity index is 1.40. The molecule has 0 atom stereocenters. The zero-order valence-electron chi connectivity index (χ0n) is 16.2. The van der Waals surface area contributed by atoms with Gasteiger partial charge in [0.05, 0.1) is 0 Å². The monoisotopic (exact) mass is 364 g/mol. The molecule has 142 valence electrons. The highest BCUT2D eigenvalue weighted by molar-refractivity contribution is 5.83. The average Bonchev–Trinajstić information content (AvgIpc) is 3.11. The summed E-state index contributed by atoms with van der Waals surface area (Å²) in [4.78, 5) is 17.5. The minimum Gasteiger partial charge on any atom is -0.370 e. The lowest BCUT2D eigenvalue weighted by Gasteiger charge is -2.34. The molecule has 3 heterocycles. The Labute approximate surface area is 160 Å². The number of para-hydroxylation sites is 1. The molecule has 1 aromatic carbocycles. The van der Waals surface area contributed by atoms with E-state index >= 15 is 0 Å². The number of nitrogens with zero attached hydrogens (tertiary/aromatic N) is 4. The summed E-state index contributed by atoms with van der Waals surface area (Å²) in [6, 6.07) is 10.5. The number of nitrogens with one attached hydrogen (secondary N) is 2. The lowest BCUT2D eigenvalue weighted by molar-refractivity contribution is 0.270. The molecule has 4 rings (SSSR count). The van der Waals surface area contributed by atoms with Crippen molar-refractivity contribution in [2.24, 2.45) is 0 Å². The van der Waals surface area contributed by atoms with Gasteiger partial charge in [-0.05, 0) is 31.5 Å². The Morgan fingerprint density at radius 3 is 2.74 bits per heavy atom. The van der Waals surface area contributed by atoms with Gasteiger partial charge in [0.25, 0.3) is 0 Å². The van der Waals surface area contributed by atoms with Crippen LogP contribution in [0.4, 0.5) is 11.8 Å². The number of anilines is 2. The van der Waals surface area contributed by atoms with Crippen molar-refractivity contribution in [2.45, 2.75) is 20.3 Å². The fourth-order valence-corrected chi connectivity index (χ4v) is 3.71. The zero-order valence-corrected chi connectivity index (χ0v) is 16.2. The molecule has 6 heteroatoms. The minimum absolute atomic E-state index is 0.848. The zero-order chi connectivity index (χ0) is 18.6. The van der Waals surface area contributed by atoms with Crippen LogP contribution in [0.25, 0.3) is 10.9 Å². The smallest absolute Gasteiger partial charge is 0.227 e. The highest BCUT2D eigenvalue weighted by Gasteiger charge is 2.18. The summed E-state index contributed by atoms with van der Waals surface area (Å²) in [7, 11) is 0. The van der Waals surface area contributed by atoms with E-state index in [1.54, 1.807) is 0 Å². The normalized spacial score (nSPS) is 15.4. The van der Waals surface area contributed by atoms with Crippen LogP contribution < -0.4 is 10.2 Å². The maximum atomic E-state index is 4.77. The SMILES string of the molecule is CCN1CCN(c2nc(C)cc(NCCc3c[nH]c4ccccc34)n2)CC1. The van der Waals surface area contributed by atoms with E-state index in [1.165, 1.54) is 16.5 Å². The van der Waals surface area contributed by atoms with E-state index in [9.17, 15) is 0 Å². The third-order valence-electron chi connectivity index (χ3n) is 5.32. The average molecular weight is 364 g/mol. The molecule has 2 N–H and O–H groups in total. The molecule has 0 amide bonds. The maximum absolute atomic E-state index is 4.77. The van der Waals surface area contributed by atoms with Crippen LogP contribution >= 0.6 is 0 Å². The molecule has 2 aromatic heterocycles. The number of benzene rings is 1. The van der Waals surface area contributed by atoms with Crippen LogP contribution in [0.1, 0.15) is 18.2 Å². The molecule has 1 aliphatic heterocycles. The van der Waals surface area contributed by atoms with Crippen molar-refractivity contribution in [3.8, 4) is 0 Å². The van der Waals surface area contributed by atoms with E-state index in [4.69, 9.17) is 4.98 Å². The molecule has 1 aliphatic rings. The van der Waals surface area contributed by atoms with Crippen LogP contribution in [0.3, 0.4) is 0 Å². The number of aryl methyl sites for hydroxylation is 1. The maximum Gasteiger partial charge on any atom is 0.227 e.